The maximum atomic E-state index is 12.9. The van der Waals surface area contributed by atoms with Gasteiger partial charge in [0.05, 0.1) is 12.6 Å². The van der Waals surface area contributed by atoms with E-state index < -0.39 is 11.6 Å². The van der Waals surface area contributed by atoms with Crippen LogP contribution in [0.1, 0.15) is 52.0 Å². The molecule has 3 aliphatic heterocycles. The van der Waals surface area contributed by atoms with E-state index in [1.807, 2.05) is 51.1 Å². The first kappa shape index (κ1) is 25.2. The molecule has 10 heteroatoms. The topological polar surface area (TPSA) is 101 Å². The van der Waals surface area contributed by atoms with Gasteiger partial charge in [-0.3, -0.25) is 14.5 Å². The summed E-state index contributed by atoms with van der Waals surface area (Å²) >= 11 is 0. The van der Waals surface area contributed by atoms with Gasteiger partial charge in [0, 0.05) is 25.6 Å². The summed E-state index contributed by atoms with van der Waals surface area (Å²) < 4.78 is 5.46. The zero-order valence-electron chi connectivity index (χ0n) is 20.8. The predicted octanol–water partition coefficient (Wildman–Crippen LogP) is 3.08. The van der Waals surface area contributed by atoms with E-state index >= 15 is 0 Å². The second kappa shape index (κ2) is 10.8. The molecule has 1 aromatic carbocycles. The molecule has 0 spiro atoms. The second-order valence-corrected chi connectivity index (χ2v) is 10.5. The van der Waals surface area contributed by atoms with Crippen molar-refractivity contribution in [2.24, 2.45) is 5.92 Å². The van der Waals surface area contributed by atoms with Crippen molar-refractivity contribution in [3.63, 3.8) is 0 Å². The summed E-state index contributed by atoms with van der Waals surface area (Å²) in [5, 5.41) is 1.41. The van der Waals surface area contributed by atoms with Crippen molar-refractivity contribution >= 4 is 18.0 Å². The van der Waals surface area contributed by atoms with E-state index in [-0.39, 0.29) is 30.0 Å². The molecule has 10 nitrogen and oxygen atoms in total. The van der Waals surface area contributed by atoms with Crippen LogP contribution in [0.2, 0.25) is 0 Å². The summed E-state index contributed by atoms with van der Waals surface area (Å²) in [6.07, 6.45) is 2.66. The highest BCUT2D eigenvalue weighted by atomic mass is 16.7. The number of amides is 4. The first-order valence-electron chi connectivity index (χ1n) is 12.4. The number of fused-ring (bicyclic) bond motifs is 2. The molecular formula is C25H36N4O6. The summed E-state index contributed by atoms with van der Waals surface area (Å²) in [7, 11) is 0. The lowest BCUT2D eigenvalue weighted by Crippen LogP contribution is -2.50. The van der Waals surface area contributed by atoms with E-state index in [1.54, 1.807) is 9.80 Å². The fraction of sp³-hybridized carbons (Fsp3) is 0.640. The van der Waals surface area contributed by atoms with Gasteiger partial charge in [0.2, 0.25) is 0 Å². The van der Waals surface area contributed by atoms with E-state index in [2.05, 4.69) is 5.48 Å². The number of piperidine rings is 2. The molecule has 3 atom stereocenters. The molecule has 0 unspecified atom stereocenters. The van der Waals surface area contributed by atoms with Gasteiger partial charge < -0.3 is 14.5 Å². The van der Waals surface area contributed by atoms with Gasteiger partial charge in [-0.25, -0.2) is 15.1 Å². The highest BCUT2D eigenvalue weighted by molar-refractivity contribution is 5.88. The number of nitrogens with one attached hydrogen (secondary N) is 1. The van der Waals surface area contributed by atoms with Crippen molar-refractivity contribution < 1.29 is 28.8 Å². The molecular weight excluding hydrogens is 452 g/mol. The van der Waals surface area contributed by atoms with Crippen LogP contribution in [0.25, 0.3) is 0 Å². The molecule has 1 N–H and O–H groups in total. The highest BCUT2D eigenvalue weighted by Gasteiger charge is 2.48. The van der Waals surface area contributed by atoms with Gasteiger partial charge in [0.25, 0.3) is 5.91 Å². The van der Waals surface area contributed by atoms with E-state index in [0.29, 0.717) is 45.7 Å². The summed E-state index contributed by atoms with van der Waals surface area (Å²) in [5.74, 6) is -0.232. The van der Waals surface area contributed by atoms with E-state index in [9.17, 15) is 14.4 Å². The lowest BCUT2D eigenvalue weighted by atomic mass is 9.99. The first-order chi connectivity index (χ1) is 16.7. The number of carbonyl (C=O) groups excluding carboxylic acids is 3. The average Bonchev–Trinajstić information content (AvgIpc) is 3.06. The Labute approximate surface area is 206 Å². The maximum Gasteiger partial charge on any atom is 0.410 e. The van der Waals surface area contributed by atoms with Crippen molar-refractivity contribution in [3.05, 3.63) is 35.9 Å². The summed E-state index contributed by atoms with van der Waals surface area (Å²) in [6.45, 7) is 7.77. The van der Waals surface area contributed by atoms with Crippen LogP contribution in [-0.4, -0.2) is 76.8 Å². The minimum Gasteiger partial charge on any atom is -0.444 e. The molecule has 3 fully saturated rings. The standard InChI is InChI=1S/C25H36N4O6/c1-25(2,3)35-24(32)27-13-7-10-19(14-27)16-33-26-22(30)21-12-11-20-15-28(21)23(31)29(20)34-17-18-8-5-4-6-9-18/h4-6,8-9,19-21H,7,10-17H2,1-3H3,(H,26,30)/t19-,20-,21+/m1/s1. The third-order valence-corrected chi connectivity index (χ3v) is 6.50. The van der Waals surface area contributed by atoms with Crippen LogP contribution in [0.5, 0.6) is 0 Å². The molecule has 4 amide bonds. The number of nitrogens with zero attached hydrogens (tertiary/aromatic N) is 3. The minimum atomic E-state index is -0.589. The van der Waals surface area contributed by atoms with Gasteiger partial charge in [-0.2, -0.15) is 5.06 Å². The minimum absolute atomic E-state index is 0.0581. The molecule has 0 saturated carbocycles. The Kier molecular flexibility index (Phi) is 7.81. The Morgan fingerprint density at radius 3 is 2.60 bits per heavy atom. The Balaban J connectivity index is 1.22. The number of ether oxygens (including phenoxy) is 1. The normalized spacial score (nSPS) is 24.5. The van der Waals surface area contributed by atoms with Crippen LogP contribution in [0, 0.1) is 5.92 Å². The number of likely N-dealkylation sites (tertiary alicyclic amines) is 1. The number of carbonyl (C=O) groups is 3. The molecule has 4 rings (SSSR count). The van der Waals surface area contributed by atoms with Crippen LogP contribution < -0.4 is 5.48 Å². The van der Waals surface area contributed by atoms with Gasteiger partial charge in [-0.05, 0) is 52.0 Å². The third-order valence-electron chi connectivity index (χ3n) is 6.50. The molecule has 1 aromatic rings. The van der Waals surface area contributed by atoms with Crippen molar-refractivity contribution in [1.82, 2.24) is 20.3 Å². The number of hydrogen-bond donors (Lipinski definition) is 1. The molecule has 192 valence electrons. The number of hydroxylamine groups is 3. The Morgan fingerprint density at radius 1 is 1.09 bits per heavy atom. The molecule has 3 heterocycles. The zero-order valence-corrected chi connectivity index (χ0v) is 20.8. The number of urea groups is 1. The SMILES string of the molecule is CC(C)(C)OC(=O)N1CCC[C@@H](CONC(=O)[C@@H]2CC[C@@H]3CN2C(=O)N3OCc2ccccc2)C1. The van der Waals surface area contributed by atoms with E-state index in [1.165, 1.54) is 5.06 Å². The fourth-order valence-electron chi connectivity index (χ4n) is 4.78. The van der Waals surface area contributed by atoms with E-state index in [4.69, 9.17) is 14.4 Å². The largest absolute Gasteiger partial charge is 0.444 e. The van der Waals surface area contributed by atoms with Crippen LogP contribution in [0.3, 0.4) is 0 Å². The zero-order chi connectivity index (χ0) is 25.0. The van der Waals surface area contributed by atoms with Crippen molar-refractivity contribution in [2.45, 2.75) is 70.7 Å². The predicted molar refractivity (Wildman–Crippen MR) is 127 cm³/mol. The number of benzene rings is 1. The van der Waals surface area contributed by atoms with Crippen LogP contribution in [0.15, 0.2) is 30.3 Å². The Bertz CT molecular complexity index is 905. The maximum absolute atomic E-state index is 12.9. The lowest BCUT2D eigenvalue weighted by molar-refractivity contribution is -0.141. The molecule has 0 radical (unpaired) electrons. The van der Waals surface area contributed by atoms with Crippen molar-refractivity contribution in [1.29, 1.82) is 0 Å². The van der Waals surface area contributed by atoms with Crippen molar-refractivity contribution in [3.8, 4) is 0 Å². The quantitative estimate of drug-likeness (QED) is 0.592. The van der Waals surface area contributed by atoms with Gasteiger partial charge in [0.1, 0.15) is 18.2 Å². The van der Waals surface area contributed by atoms with Crippen LogP contribution in [0.4, 0.5) is 9.59 Å². The summed E-state index contributed by atoms with van der Waals surface area (Å²) in [4.78, 5) is 52.6. The Hall–Kier alpha value is -2.85. The molecule has 2 bridgehead atoms. The number of hydrogen-bond acceptors (Lipinski definition) is 6. The van der Waals surface area contributed by atoms with Gasteiger partial charge in [0.15, 0.2) is 0 Å². The molecule has 35 heavy (non-hydrogen) atoms. The highest BCUT2D eigenvalue weighted by Crippen LogP contribution is 2.30. The summed E-state index contributed by atoms with van der Waals surface area (Å²) in [5.41, 5.74) is 2.97. The van der Waals surface area contributed by atoms with Gasteiger partial charge >= 0.3 is 12.1 Å². The lowest BCUT2D eigenvalue weighted by Gasteiger charge is -2.34. The van der Waals surface area contributed by atoms with E-state index in [0.717, 1.165) is 18.4 Å². The fourth-order valence-corrected chi connectivity index (χ4v) is 4.78. The molecule has 3 saturated heterocycles. The average molecular weight is 489 g/mol. The summed E-state index contributed by atoms with van der Waals surface area (Å²) in [6, 6.07) is 8.73. The third kappa shape index (κ3) is 6.43. The monoisotopic (exact) mass is 488 g/mol. The van der Waals surface area contributed by atoms with Crippen LogP contribution >= 0.6 is 0 Å². The molecule has 3 aliphatic rings. The van der Waals surface area contributed by atoms with Gasteiger partial charge in [-0.15, -0.1) is 0 Å². The Morgan fingerprint density at radius 2 is 1.86 bits per heavy atom. The number of rotatable bonds is 7. The van der Waals surface area contributed by atoms with Crippen molar-refractivity contribution in [2.75, 3.05) is 26.2 Å². The molecule has 0 aromatic heterocycles. The second-order valence-electron chi connectivity index (χ2n) is 10.5. The smallest absolute Gasteiger partial charge is 0.410 e. The molecule has 0 aliphatic carbocycles. The van der Waals surface area contributed by atoms with Crippen LogP contribution in [-0.2, 0) is 25.8 Å². The van der Waals surface area contributed by atoms with Gasteiger partial charge in [-0.1, -0.05) is 30.3 Å². The first-order valence-corrected chi connectivity index (χ1v) is 12.4.